The largest absolute Gasteiger partial charge is 0.481 e. The molecule has 1 rings (SSSR count). The number of rotatable bonds is 4. The molecule has 0 heterocycles. The Morgan fingerprint density at radius 3 is 2.71 bits per heavy atom. The smallest absolute Gasteiger partial charge is 0.312 e. The maximum atomic E-state index is 13.2. The quantitative estimate of drug-likeness (QED) is 0.812. The third kappa shape index (κ3) is 4.03. The second-order valence-corrected chi connectivity index (χ2v) is 3.95. The number of hydrogen-bond donors (Lipinski definition) is 2. The van der Waals surface area contributed by atoms with Gasteiger partial charge in [0, 0.05) is 11.6 Å². The maximum absolute atomic E-state index is 13.2. The lowest BCUT2D eigenvalue weighted by atomic mass is 10.1. The molecule has 0 aliphatic carbocycles. The van der Waals surface area contributed by atoms with E-state index in [4.69, 9.17) is 16.7 Å². The van der Waals surface area contributed by atoms with Crippen LogP contribution in [0.4, 0.5) is 4.39 Å². The highest BCUT2D eigenvalue weighted by Crippen LogP contribution is 2.20. The minimum absolute atomic E-state index is 0.00213. The first-order chi connectivity index (χ1) is 7.90. The molecule has 6 heteroatoms. The Morgan fingerprint density at radius 2 is 2.12 bits per heavy atom. The van der Waals surface area contributed by atoms with Crippen molar-refractivity contribution in [1.29, 1.82) is 0 Å². The zero-order valence-corrected chi connectivity index (χ0v) is 9.84. The van der Waals surface area contributed by atoms with E-state index in [2.05, 4.69) is 5.32 Å². The van der Waals surface area contributed by atoms with Gasteiger partial charge in [-0.05, 0) is 30.2 Å². The highest BCUT2D eigenvalue weighted by Gasteiger charge is 2.09. The fourth-order valence-corrected chi connectivity index (χ4v) is 1.50. The van der Waals surface area contributed by atoms with Crippen molar-refractivity contribution in [2.24, 2.45) is 0 Å². The first-order valence-electron chi connectivity index (χ1n) is 4.83. The normalized spacial score (nSPS) is 10.1. The molecule has 92 valence electrons. The molecule has 1 aromatic rings. The zero-order valence-electron chi connectivity index (χ0n) is 9.09. The van der Waals surface area contributed by atoms with Crippen molar-refractivity contribution in [2.45, 2.75) is 19.9 Å². The van der Waals surface area contributed by atoms with Gasteiger partial charge in [-0.25, -0.2) is 4.39 Å². The second kappa shape index (κ2) is 5.63. The van der Waals surface area contributed by atoms with Gasteiger partial charge in [-0.3, -0.25) is 9.59 Å². The van der Waals surface area contributed by atoms with Gasteiger partial charge < -0.3 is 10.4 Å². The SMILES string of the molecule is Cc1cc(Cl)c(CNC(=O)CC(=O)O)cc1F. The Labute approximate surface area is 102 Å². The van der Waals surface area contributed by atoms with Gasteiger partial charge in [-0.15, -0.1) is 0 Å². The molecule has 0 saturated carbocycles. The molecule has 0 spiro atoms. The molecule has 1 aromatic carbocycles. The number of carboxylic acids is 1. The predicted molar refractivity (Wildman–Crippen MR) is 60.2 cm³/mol. The number of carbonyl (C=O) groups is 2. The van der Waals surface area contributed by atoms with Crippen LogP contribution in [-0.2, 0) is 16.1 Å². The summed E-state index contributed by atoms with van der Waals surface area (Å²) in [5.74, 6) is -2.28. The minimum atomic E-state index is -1.22. The Morgan fingerprint density at radius 1 is 1.47 bits per heavy atom. The molecule has 17 heavy (non-hydrogen) atoms. The van der Waals surface area contributed by atoms with Crippen LogP contribution in [0.25, 0.3) is 0 Å². The average molecular weight is 260 g/mol. The Kier molecular flexibility index (Phi) is 4.45. The molecule has 0 bridgehead atoms. The van der Waals surface area contributed by atoms with Gasteiger partial charge in [0.15, 0.2) is 0 Å². The number of aliphatic carboxylic acids is 1. The first-order valence-corrected chi connectivity index (χ1v) is 5.21. The molecule has 2 N–H and O–H groups in total. The molecule has 4 nitrogen and oxygen atoms in total. The molecule has 0 unspecified atom stereocenters. The van der Waals surface area contributed by atoms with E-state index in [1.54, 1.807) is 6.92 Å². The van der Waals surface area contributed by atoms with Gasteiger partial charge in [0.2, 0.25) is 5.91 Å². The van der Waals surface area contributed by atoms with Gasteiger partial charge in [0.05, 0.1) is 0 Å². The molecule has 0 atom stereocenters. The number of halogens is 2. The second-order valence-electron chi connectivity index (χ2n) is 3.54. The van der Waals surface area contributed by atoms with Crippen molar-refractivity contribution in [2.75, 3.05) is 0 Å². The standard InChI is InChI=1S/C11H11ClFNO3/c1-6-2-8(12)7(3-9(6)13)5-14-10(15)4-11(16)17/h2-3H,4-5H2,1H3,(H,14,15)(H,16,17). The minimum Gasteiger partial charge on any atom is -0.481 e. The topological polar surface area (TPSA) is 66.4 Å². The van der Waals surface area contributed by atoms with Crippen molar-refractivity contribution >= 4 is 23.5 Å². The van der Waals surface area contributed by atoms with E-state index in [0.29, 0.717) is 16.1 Å². The number of hydrogen-bond acceptors (Lipinski definition) is 2. The lowest BCUT2D eigenvalue weighted by molar-refractivity contribution is -0.140. The van der Waals surface area contributed by atoms with Crippen molar-refractivity contribution in [3.05, 3.63) is 34.1 Å². The van der Waals surface area contributed by atoms with E-state index in [0.717, 1.165) is 0 Å². The van der Waals surface area contributed by atoms with Crippen LogP contribution in [0.2, 0.25) is 5.02 Å². The van der Waals surface area contributed by atoms with E-state index in [1.807, 2.05) is 0 Å². The Balaban J connectivity index is 2.66. The number of benzene rings is 1. The highest BCUT2D eigenvalue weighted by molar-refractivity contribution is 6.31. The number of carboxylic acid groups (broad SMARTS) is 1. The molecule has 0 aliphatic rings. The number of carbonyl (C=O) groups excluding carboxylic acids is 1. The monoisotopic (exact) mass is 259 g/mol. The van der Waals surface area contributed by atoms with Gasteiger partial charge in [-0.2, -0.15) is 0 Å². The van der Waals surface area contributed by atoms with E-state index >= 15 is 0 Å². The number of nitrogens with one attached hydrogen (secondary N) is 1. The summed E-state index contributed by atoms with van der Waals surface area (Å²) in [7, 11) is 0. The highest BCUT2D eigenvalue weighted by atomic mass is 35.5. The van der Waals surface area contributed by atoms with E-state index in [-0.39, 0.29) is 6.54 Å². The lowest BCUT2D eigenvalue weighted by Gasteiger charge is -2.07. The summed E-state index contributed by atoms with van der Waals surface area (Å²) in [6, 6.07) is 2.67. The summed E-state index contributed by atoms with van der Waals surface area (Å²) in [4.78, 5) is 21.3. The van der Waals surface area contributed by atoms with E-state index in [9.17, 15) is 14.0 Å². The molecular formula is C11H11ClFNO3. The fraction of sp³-hybridized carbons (Fsp3) is 0.273. The van der Waals surface area contributed by atoms with E-state index in [1.165, 1.54) is 12.1 Å². The summed E-state index contributed by atoms with van der Waals surface area (Å²) in [5, 5.41) is 11.0. The van der Waals surface area contributed by atoms with Crippen LogP contribution in [0.15, 0.2) is 12.1 Å². The molecule has 0 radical (unpaired) electrons. The van der Waals surface area contributed by atoms with Crippen LogP contribution in [-0.4, -0.2) is 17.0 Å². The Bertz CT molecular complexity index is 462. The summed E-state index contributed by atoms with van der Waals surface area (Å²) in [6.07, 6.45) is -0.619. The number of aryl methyl sites for hydroxylation is 1. The number of amides is 1. The molecular weight excluding hydrogens is 249 g/mol. The summed E-state index contributed by atoms with van der Waals surface area (Å²) in [5.41, 5.74) is 0.823. The van der Waals surface area contributed by atoms with Crippen LogP contribution in [0.3, 0.4) is 0 Å². The first kappa shape index (κ1) is 13.4. The van der Waals surface area contributed by atoms with Crippen LogP contribution in [0.1, 0.15) is 17.5 Å². The van der Waals surface area contributed by atoms with Gasteiger partial charge >= 0.3 is 5.97 Å². The average Bonchev–Trinajstić information content (AvgIpc) is 2.20. The third-order valence-electron chi connectivity index (χ3n) is 2.12. The summed E-state index contributed by atoms with van der Waals surface area (Å²) in [6.45, 7) is 1.58. The van der Waals surface area contributed by atoms with Crippen molar-refractivity contribution < 1.29 is 19.1 Å². The Hall–Kier alpha value is -1.62. The van der Waals surface area contributed by atoms with Gasteiger partial charge in [-0.1, -0.05) is 11.6 Å². The van der Waals surface area contributed by atoms with Crippen LogP contribution >= 0.6 is 11.6 Å². The molecule has 0 saturated heterocycles. The van der Waals surface area contributed by atoms with Crippen molar-refractivity contribution in [1.82, 2.24) is 5.32 Å². The summed E-state index contributed by atoms with van der Waals surface area (Å²) < 4.78 is 13.2. The zero-order chi connectivity index (χ0) is 13.0. The lowest BCUT2D eigenvalue weighted by Crippen LogP contribution is -2.25. The van der Waals surface area contributed by atoms with Crippen LogP contribution in [0, 0.1) is 12.7 Å². The van der Waals surface area contributed by atoms with Crippen LogP contribution in [0.5, 0.6) is 0 Å². The van der Waals surface area contributed by atoms with Gasteiger partial charge in [0.1, 0.15) is 12.2 Å². The molecule has 0 fully saturated rings. The molecule has 0 aliphatic heterocycles. The molecule has 0 aromatic heterocycles. The van der Waals surface area contributed by atoms with Crippen LogP contribution < -0.4 is 5.32 Å². The fourth-order valence-electron chi connectivity index (χ4n) is 1.22. The van der Waals surface area contributed by atoms with Crippen molar-refractivity contribution in [3.8, 4) is 0 Å². The molecule has 1 amide bonds. The van der Waals surface area contributed by atoms with Gasteiger partial charge in [0.25, 0.3) is 0 Å². The third-order valence-corrected chi connectivity index (χ3v) is 2.47. The predicted octanol–water partition coefficient (Wildman–Crippen LogP) is 1.88. The van der Waals surface area contributed by atoms with E-state index < -0.39 is 24.1 Å². The maximum Gasteiger partial charge on any atom is 0.312 e. The summed E-state index contributed by atoms with van der Waals surface area (Å²) >= 11 is 5.86. The van der Waals surface area contributed by atoms with Crippen molar-refractivity contribution in [3.63, 3.8) is 0 Å².